The van der Waals surface area contributed by atoms with Gasteiger partial charge < -0.3 is 10.1 Å². The first-order valence-corrected chi connectivity index (χ1v) is 5.10. The van der Waals surface area contributed by atoms with Crippen LogP contribution in [0.5, 0.6) is 0 Å². The molecule has 0 aromatic carbocycles. The van der Waals surface area contributed by atoms with E-state index in [1.165, 1.54) is 6.08 Å². The van der Waals surface area contributed by atoms with Crippen molar-refractivity contribution in [3.8, 4) is 0 Å². The second-order valence-corrected chi connectivity index (χ2v) is 4.49. The average Bonchev–Trinajstić information content (AvgIpc) is 1.99. The molecular formula is C11H17NO3. The molecule has 1 saturated heterocycles. The molecule has 0 aromatic heterocycles. The van der Waals surface area contributed by atoms with Crippen molar-refractivity contribution in [1.82, 2.24) is 5.32 Å². The molecule has 0 atom stereocenters. The van der Waals surface area contributed by atoms with E-state index in [1.54, 1.807) is 6.92 Å². The third kappa shape index (κ3) is 3.73. The number of nitrogens with one attached hydrogen (secondary N) is 1. The van der Waals surface area contributed by atoms with Crippen molar-refractivity contribution in [2.75, 3.05) is 6.61 Å². The summed E-state index contributed by atoms with van der Waals surface area (Å²) in [5.74, 6) is -0.438. The Morgan fingerprint density at radius 1 is 1.53 bits per heavy atom. The molecule has 1 N–H and O–H groups in total. The Kier molecular flexibility index (Phi) is 3.50. The average molecular weight is 211 g/mol. The van der Waals surface area contributed by atoms with Gasteiger partial charge in [0, 0.05) is 18.2 Å². The van der Waals surface area contributed by atoms with Gasteiger partial charge >= 0.3 is 5.97 Å². The van der Waals surface area contributed by atoms with Gasteiger partial charge in [0.25, 0.3) is 0 Å². The summed E-state index contributed by atoms with van der Waals surface area (Å²) in [5.41, 5.74) is 0.565. The third-order valence-electron chi connectivity index (χ3n) is 2.19. The van der Waals surface area contributed by atoms with Crippen molar-refractivity contribution in [2.45, 2.75) is 33.6 Å². The minimum absolute atomic E-state index is 0.0400. The number of piperidine rings is 1. The Labute approximate surface area is 89.7 Å². The summed E-state index contributed by atoms with van der Waals surface area (Å²) in [6.07, 6.45) is 2.55. The molecule has 0 radical (unpaired) electrons. The monoisotopic (exact) mass is 211 g/mol. The molecule has 4 heteroatoms. The van der Waals surface area contributed by atoms with Gasteiger partial charge in [-0.3, -0.25) is 4.79 Å². The molecule has 4 nitrogen and oxygen atoms in total. The van der Waals surface area contributed by atoms with Crippen LogP contribution in [0.1, 0.15) is 33.6 Å². The van der Waals surface area contributed by atoms with Crippen molar-refractivity contribution in [3.63, 3.8) is 0 Å². The summed E-state index contributed by atoms with van der Waals surface area (Å²) in [6.45, 7) is 6.11. The molecule has 0 aromatic rings. The molecule has 1 heterocycles. The van der Waals surface area contributed by atoms with Gasteiger partial charge in [0.05, 0.1) is 6.61 Å². The number of hydrogen-bond acceptors (Lipinski definition) is 3. The zero-order chi connectivity index (χ0) is 11.5. The highest BCUT2D eigenvalue weighted by molar-refractivity contribution is 5.86. The third-order valence-corrected chi connectivity index (χ3v) is 2.19. The molecule has 0 unspecified atom stereocenters. The predicted octanol–water partition coefficient (Wildman–Crippen LogP) is 1.37. The van der Waals surface area contributed by atoms with Gasteiger partial charge in [-0.05, 0) is 18.8 Å². The zero-order valence-corrected chi connectivity index (χ0v) is 9.42. The maximum Gasteiger partial charge on any atom is 0.332 e. The fourth-order valence-corrected chi connectivity index (χ4v) is 1.69. The largest absolute Gasteiger partial charge is 0.463 e. The maximum atomic E-state index is 11.3. The van der Waals surface area contributed by atoms with Crippen molar-refractivity contribution in [2.24, 2.45) is 5.41 Å². The van der Waals surface area contributed by atoms with Crippen LogP contribution in [0.15, 0.2) is 11.8 Å². The minimum Gasteiger partial charge on any atom is -0.463 e. The van der Waals surface area contributed by atoms with Crippen LogP contribution in [0, 0.1) is 5.41 Å². The quantitative estimate of drug-likeness (QED) is 0.554. The zero-order valence-electron chi connectivity index (χ0n) is 9.42. The first-order valence-electron chi connectivity index (χ1n) is 5.10. The molecule has 1 rings (SSSR count). The number of carbonyl (C=O) groups excluding carboxylic acids is 2. The molecule has 1 amide bonds. The number of esters is 1. The van der Waals surface area contributed by atoms with E-state index in [0.717, 1.165) is 0 Å². The van der Waals surface area contributed by atoms with Gasteiger partial charge in [-0.2, -0.15) is 0 Å². The van der Waals surface area contributed by atoms with Gasteiger partial charge in [0.2, 0.25) is 5.91 Å². The Hall–Kier alpha value is -1.32. The van der Waals surface area contributed by atoms with Crippen LogP contribution >= 0.6 is 0 Å². The second kappa shape index (κ2) is 4.47. The maximum absolute atomic E-state index is 11.3. The van der Waals surface area contributed by atoms with Crippen molar-refractivity contribution in [1.29, 1.82) is 0 Å². The van der Waals surface area contributed by atoms with Crippen molar-refractivity contribution in [3.05, 3.63) is 11.8 Å². The van der Waals surface area contributed by atoms with Gasteiger partial charge in [0.1, 0.15) is 0 Å². The van der Waals surface area contributed by atoms with E-state index >= 15 is 0 Å². The Morgan fingerprint density at radius 3 is 2.73 bits per heavy atom. The van der Waals surface area contributed by atoms with Crippen LogP contribution < -0.4 is 5.32 Å². The second-order valence-electron chi connectivity index (χ2n) is 4.49. The lowest BCUT2D eigenvalue weighted by atomic mass is 9.81. The Balaban J connectivity index is 2.70. The van der Waals surface area contributed by atoms with E-state index in [2.05, 4.69) is 5.32 Å². The molecule has 0 spiro atoms. The summed E-state index contributed by atoms with van der Waals surface area (Å²) in [4.78, 5) is 22.5. The molecule has 15 heavy (non-hydrogen) atoms. The van der Waals surface area contributed by atoms with E-state index in [0.29, 0.717) is 25.1 Å². The van der Waals surface area contributed by atoms with Crippen LogP contribution in [0.25, 0.3) is 0 Å². The SMILES string of the molecule is CCOC(=O)C=C1CC(C)(C)CC(=O)N1. The van der Waals surface area contributed by atoms with E-state index in [4.69, 9.17) is 4.74 Å². The van der Waals surface area contributed by atoms with Gasteiger partial charge in [-0.15, -0.1) is 0 Å². The fraction of sp³-hybridized carbons (Fsp3) is 0.636. The number of amides is 1. The Morgan fingerprint density at radius 2 is 2.20 bits per heavy atom. The minimum atomic E-state index is -0.398. The van der Waals surface area contributed by atoms with E-state index < -0.39 is 5.97 Å². The highest BCUT2D eigenvalue weighted by Crippen LogP contribution is 2.31. The topological polar surface area (TPSA) is 55.4 Å². The van der Waals surface area contributed by atoms with Crippen LogP contribution in [-0.2, 0) is 14.3 Å². The fourth-order valence-electron chi connectivity index (χ4n) is 1.69. The number of carbonyl (C=O) groups is 2. The lowest BCUT2D eigenvalue weighted by Gasteiger charge is -2.30. The number of ether oxygens (including phenoxy) is 1. The van der Waals surface area contributed by atoms with Gasteiger partial charge in [0.15, 0.2) is 0 Å². The molecule has 1 aliphatic heterocycles. The van der Waals surface area contributed by atoms with E-state index in [9.17, 15) is 9.59 Å². The van der Waals surface area contributed by atoms with Crippen LogP contribution in [-0.4, -0.2) is 18.5 Å². The summed E-state index contributed by atoms with van der Waals surface area (Å²) in [7, 11) is 0. The van der Waals surface area contributed by atoms with Crippen molar-refractivity contribution >= 4 is 11.9 Å². The van der Waals surface area contributed by atoms with E-state index in [-0.39, 0.29) is 11.3 Å². The summed E-state index contributed by atoms with van der Waals surface area (Å²) in [6, 6.07) is 0. The number of hydrogen-bond donors (Lipinski definition) is 1. The van der Waals surface area contributed by atoms with E-state index in [1.807, 2.05) is 13.8 Å². The molecule has 1 fully saturated rings. The smallest absolute Gasteiger partial charge is 0.332 e. The van der Waals surface area contributed by atoms with Gasteiger partial charge in [-0.25, -0.2) is 4.79 Å². The Bertz CT molecular complexity index is 305. The molecular weight excluding hydrogens is 194 g/mol. The number of allylic oxidation sites excluding steroid dienone is 1. The summed E-state index contributed by atoms with van der Waals surface area (Å²) < 4.78 is 4.78. The first kappa shape index (κ1) is 11.8. The normalized spacial score (nSPS) is 22.3. The highest BCUT2D eigenvalue weighted by Gasteiger charge is 2.29. The van der Waals surface area contributed by atoms with Crippen molar-refractivity contribution < 1.29 is 14.3 Å². The first-order chi connectivity index (χ1) is 6.93. The molecule has 1 aliphatic rings. The molecule has 0 saturated carbocycles. The molecule has 0 aliphatic carbocycles. The molecule has 0 bridgehead atoms. The van der Waals surface area contributed by atoms with Gasteiger partial charge in [-0.1, -0.05) is 13.8 Å². The standard InChI is InChI=1S/C11H17NO3/c1-4-15-10(14)5-8-6-11(2,3)7-9(13)12-8/h5H,4,6-7H2,1-3H3,(H,12,13). The van der Waals surface area contributed by atoms with Crippen LogP contribution in [0.3, 0.4) is 0 Å². The molecule has 84 valence electrons. The number of rotatable bonds is 2. The van der Waals surface area contributed by atoms with Crippen LogP contribution in [0.4, 0.5) is 0 Å². The lowest BCUT2D eigenvalue weighted by molar-refractivity contribution is -0.137. The predicted molar refractivity (Wildman–Crippen MR) is 55.9 cm³/mol. The summed E-state index contributed by atoms with van der Waals surface area (Å²) >= 11 is 0. The summed E-state index contributed by atoms with van der Waals surface area (Å²) in [5, 5.41) is 2.68. The van der Waals surface area contributed by atoms with Crippen LogP contribution in [0.2, 0.25) is 0 Å². The lowest BCUT2D eigenvalue weighted by Crippen LogP contribution is -2.36. The highest BCUT2D eigenvalue weighted by atomic mass is 16.5.